The zero-order chi connectivity index (χ0) is 11.4. The Balaban J connectivity index is 2.31. The molecule has 86 valence electrons. The molecule has 1 saturated heterocycles. The molecule has 0 aliphatic carbocycles. The van der Waals surface area contributed by atoms with Gasteiger partial charge in [0.1, 0.15) is 0 Å². The topological polar surface area (TPSA) is 101 Å². The molecule has 0 aromatic carbocycles. The minimum absolute atomic E-state index is 0.103. The molecule has 2 atom stereocenters. The van der Waals surface area contributed by atoms with Crippen molar-refractivity contribution in [2.45, 2.75) is 24.9 Å². The Kier molecular flexibility index (Phi) is 4.05. The van der Waals surface area contributed by atoms with E-state index in [1.807, 2.05) is 7.05 Å². The van der Waals surface area contributed by atoms with Crippen molar-refractivity contribution >= 4 is 11.8 Å². The third-order valence-electron chi connectivity index (χ3n) is 2.50. The summed E-state index contributed by atoms with van der Waals surface area (Å²) in [5, 5.41) is 2.80. The monoisotopic (exact) mass is 214 g/mol. The summed E-state index contributed by atoms with van der Waals surface area (Å²) in [7, 11) is 2.00. The highest BCUT2D eigenvalue weighted by atomic mass is 16.2. The molecule has 1 fully saturated rings. The van der Waals surface area contributed by atoms with Crippen molar-refractivity contribution in [2.24, 2.45) is 11.5 Å². The average Bonchev–Trinajstić information content (AvgIpc) is 2.50. The molecule has 0 aromatic rings. The van der Waals surface area contributed by atoms with E-state index in [0.717, 1.165) is 19.5 Å². The molecule has 0 aromatic heterocycles. The van der Waals surface area contributed by atoms with Gasteiger partial charge in [-0.05, 0) is 20.0 Å². The van der Waals surface area contributed by atoms with Crippen LogP contribution < -0.4 is 16.8 Å². The Bertz CT molecular complexity index is 256. The van der Waals surface area contributed by atoms with E-state index in [1.165, 1.54) is 0 Å². The molecule has 1 heterocycles. The Morgan fingerprint density at radius 3 is 2.73 bits per heavy atom. The molecule has 6 heteroatoms. The second-order valence-electron chi connectivity index (χ2n) is 4.03. The van der Waals surface area contributed by atoms with Gasteiger partial charge in [-0.3, -0.25) is 9.59 Å². The van der Waals surface area contributed by atoms with Gasteiger partial charge in [0, 0.05) is 12.6 Å². The summed E-state index contributed by atoms with van der Waals surface area (Å²) in [4.78, 5) is 24.2. The number of carbonyl (C=O) groups is 2. The second-order valence-corrected chi connectivity index (χ2v) is 4.03. The van der Waals surface area contributed by atoms with Crippen LogP contribution in [-0.2, 0) is 9.59 Å². The Morgan fingerprint density at radius 2 is 2.27 bits per heavy atom. The van der Waals surface area contributed by atoms with Gasteiger partial charge in [0.15, 0.2) is 0 Å². The molecular weight excluding hydrogens is 196 g/mol. The highest BCUT2D eigenvalue weighted by Crippen LogP contribution is 2.06. The zero-order valence-corrected chi connectivity index (χ0v) is 8.90. The normalized spacial score (nSPS) is 23.7. The summed E-state index contributed by atoms with van der Waals surface area (Å²) in [6.07, 6.45) is 0.819. The first-order valence-electron chi connectivity index (χ1n) is 5.02. The molecule has 2 amide bonds. The minimum Gasteiger partial charge on any atom is -0.370 e. The molecule has 0 spiro atoms. The van der Waals surface area contributed by atoms with E-state index in [-0.39, 0.29) is 18.4 Å². The number of rotatable bonds is 4. The zero-order valence-electron chi connectivity index (χ0n) is 8.90. The van der Waals surface area contributed by atoms with Gasteiger partial charge in [-0.2, -0.15) is 0 Å². The number of hydrogen-bond donors (Lipinski definition) is 3. The Hall–Kier alpha value is -1.14. The van der Waals surface area contributed by atoms with Crippen LogP contribution in [0.4, 0.5) is 0 Å². The average molecular weight is 214 g/mol. The molecule has 0 radical (unpaired) electrons. The van der Waals surface area contributed by atoms with Gasteiger partial charge in [0.25, 0.3) is 0 Å². The first kappa shape index (κ1) is 11.9. The Morgan fingerprint density at radius 1 is 1.60 bits per heavy atom. The molecule has 1 aliphatic heterocycles. The fraction of sp³-hybridized carbons (Fsp3) is 0.778. The van der Waals surface area contributed by atoms with E-state index < -0.39 is 11.9 Å². The first-order valence-corrected chi connectivity index (χ1v) is 5.02. The lowest BCUT2D eigenvalue weighted by atomic mass is 10.1. The number of primary amides is 1. The van der Waals surface area contributed by atoms with Crippen LogP contribution in [0.3, 0.4) is 0 Å². The van der Waals surface area contributed by atoms with Crippen molar-refractivity contribution in [1.29, 1.82) is 0 Å². The van der Waals surface area contributed by atoms with Gasteiger partial charge in [-0.1, -0.05) is 0 Å². The van der Waals surface area contributed by atoms with Crippen LogP contribution in [0, 0.1) is 0 Å². The maximum absolute atomic E-state index is 11.5. The molecule has 15 heavy (non-hydrogen) atoms. The number of amides is 2. The highest BCUT2D eigenvalue weighted by Gasteiger charge is 2.24. The molecule has 0 saturated carbocycles. The molecule has 5 N–H and O–H groups in total. The maximum Gasteiger partial charge on any atom is 0.237 e. The summed E-state index contributed by atoms with van der Waals surface area (Å²) in [6, 6.07) is -0.685. The van der Waals surface area contributed by atoms with E-state index in [2.05, 4.69) is 10.2 Å². The smallest absolute Gasteiger partial charge is 0.237 e. The number of likely N-dealkylation sites (N-methyl/N-ethyl adjacent to an activating group) is 1. The predicted octanol–water partition coefficient (Wildman–Crippen LogP) is -1.99. The first-order chi connectivity index (χ1) is 6.99. The van der Waals surface area contributed by atoms with Crippen molar-refractivity contribution in [2.75, 3.05) is 20.1 Å². The highest BCUT2D eigenvalue weighted by molar-refractivity contribution is 5.87. The number of likely N-dealkylation sites (tertiary alicyclic amines) is 1. The van der Waals surface area contributed by atoms with E-state index in [4.69, 9.17) is 11.5 Å². The minimum atomic E-state index is -0.826. The summed E-state index contributed by atoms with van der Waals surface area (Å²) in [5.41, 5.74) is 10.5. The molecule has 2 unspecified atom stereocenters. The summed E-state index contributed by atoms with van der Waals surface area (Å²) >= 11 is 0. The van der Waals surface area contributed by atoms with Crippen molar-refractivity contribution < 1.29 is 9.59 Å². The quantitative estimate of drug-likeness (QED) is 0.504. The van der Waals surface area contributed by atoms with Crippen molar-refractivity contribution in [3.8, 4) is 0 Å². The van der Waals surface area contributed by atoms with Gasteiger partial charge >= 0.3 is 0 Å². The summed E-state index contributed by atoms with van der Waals surface area (Å²) in [5.74, 6) is -0.852. The van der Waals surface area contributed by atoms with E-state index in [9.17, 15) is 9.59 Å². The van der Waals surface area contributed by atoms with E-state index in [1.54, 1.807) is 0 Å². The fourth-order valence-electron chi connectivity index (χ4n) is 1.67. The van der Waals surface area contributed by atoms with Crippen LogP contribution >= 0.6 is 0 Å². The number of carbonyl (C=O) groups excluding carboxylic acids is 2. The van der Waals surface area contributed by atoms with Gasteiger partial charge in [0.2, 0.25) is 11.8 Å². The lowest BCUT2D eigenvalue weighted by Crippen LogP contribution is -2.47. The molecule has 1 rings (SSSR count). The van der Waals surface area contributed by atoms with Gasteiger partial charge in [0.05, 0.1) is 12.5 Å². The van der Waals surface area contributed by atoms with Crippen LogP contribution in [0.5, 0.6) is 0 Å². The number of hydrogen-bond acceptors (Lipinski definition) is 4. The number of nitrogens with zero attached hydrogens (tertiary/aromatic N) is 1. The predicted molar refractivity (Wildman–Crippen MR) is 55.8 cm³/mol. The van der Waals surface area contributed by atoms with Gasteiger partial charge in [-0.15, -0.1) is 0 Å². The molecule has 1 aliphatic rings. The van der Waals surface area contributed by atoms with Crippen LogP contribution in [0.2, 0.25) is 0 Å². The number of nitrogens with one attached hydrogen (secondary N) is 1. The SMILES string of the molecule is CN1CCC(NC(=O)C(N)CC(N)=O)C1. The second kappa shape index (κ2) is 5.09. The molecule has 0 bridgehead atoms. The van der Waals surface area contributed by atoms with Crippen LogP contribution in [0.15, 0.2) is 0 Å². The van der Waals surface area contributed by atoms with Gasteiger partial charge in [-0.25, -0.2) is 0 Å². The third kappa shape index (κ3) is 3.85. The van der Waals surface area contributed by atoms with Gasteiger partial charge < -0.3 is 21.7 Å². The largest absolute Gasteiger partial charge is 0.370 e. The molecular formula is C9H18N4O2. The third-order valence-corrected chi connectivity index (χ3v) is 2.50. The van der Waals surface area contributed by atoms with Crippen molar-refractivity contribution in [1.82, 2.24) is 10.2 Å². The van der Waals surface area contributed by atoms with Crippen molar-refractivity contribution in [3.63, 3.8) is 0 Å². The fourth-order valence-corrected chi connectivity index (χ4v) is 1.67. The lowest BCUT2D eigenvalue weighted by Gasteiger charge is -2.15. The van der Waals surface area contributed by atoms with E-state index >= 15 is 0 Å². The molecule has 6 nitrogen and oxygen atoms in total. The summed E-state index contributed by atoms with van der Waals surface area (Å²) in [6.45, 7) is 1.80. The van der Waals surface area contributed by atoms with Crippen LogP contribution in [-0.4, -0.2) is 48.9 Å². The Labute approximate surface area is 89.0 Å². The van der Waals surface area contributed by atoms with Crippen molar-refractivity contribution in [3.05, 3.63) is 0 Å². The number of nitrogens with two attached hydrogens (primary N) is 2. The lowest BCUT2D eigenvalue weighted by molar-refractivity contribution is -0.126. The summed E-state index contributed by atoms with van der Waals surface area (Å²) < 4.78 is 0. The standard InChI is InChI=1S/C9H18N4O2/c1-13-3-2-6(5-13)12-9(15)7(10)4-8(11)14/h6-7H,2-5,10H2,1H3,(H2,11,14)(H,12,15). The van der Waals surface area contributed by atoms with Crippen LogP contribution in [0.25, 0.3) is 0 Å². The van der Waals surface area contributed by atoms with E-state index in [0.29, 0.717) is 0 Å². The van der Waals surface area contributed by atoms with Crippen LogP contribution in [0.1, 0.15) is 12.8 Å². The maximum atomic E-state index is 11.5.